The molecule has 1 amide bonds. The molecule has 0 saturated heterocycles. The second kappa shape index (κ2) is 5.87. The molecule has 0 aliphatic rings. The number of amides is 1. The van der Waals surface area contributed by atoms with Crippen LogP contribution in [-0.4, -0.2) is 17.6 Å². The first-order valence-electron chi connectivity index (χ1n) is 6.08. The second-order valence-corrected chi connectivity index (χ2v) is 5.41. The van der Waals surface area contributed by atoms with E-state index in [1.165, 1.54) is 0 Å². The third-order valence-electron chi connectivity index (χ3n) is 2.43. The summed E-state index contributed by atoms with van der Waals surface area (Å²) in [7, 11) is 0. The third kappa shape index (κ3) is 5.19. The van der Waals surface area contributed by atoms with Crippen molar-refractivity contribution >= 4 is 5.91 Å². The first-order valence-corrected chi connectivity index (χ1v) is 6.08. The fraction of sp³-hybridized carbons (Fsp3) is 0.500. The van der Waals surface area contributed by atoms with Crippen molar-refractivity contribution in [2.45, 2.75) is 45.9 Å². The zero-order valence-electron chi connectivity index (χ0n) is 11.5. The van der Waals surface area contributed by atoms with Gasteiger partial charge in [-0.1, -0.05) is 12.1 Å². The van der Waals surface area contributed by atoms with Gasteiger partial charge in [-0.05, 0) is 45.4 Å². The van der Waals surface area contributed by atoms with Crippen LogP contribution in [-0.2, 0) is 11.3 Å². The smallest absolute Gasteiger partial charge is 0.258 e. The minimum Gasteiger partial charge on any atom is -0.481 e. The molecular formula is C14H22N2O2. The van der Waals surface area contributed by atoms with E-state index in [-0.39, 0.29) is 5.54 Å². The number of nitrogens with one attached hydrogen (secondary N) is 1. The largest absolute Gasteiger partial charge is 0.481 e. The predicted molar refractivity (Wildman–Crippen MR) is 72.3 cm³/mol. The Labute approximate surface area is 109 Å². The minimum atomic E-state index is -0.615. The van der Waals surface area contributed by atoms with Crippen molar-refractivity contribution in [2.24, 2.45) is 5.73 Å². The highest BCUT2D eigenvalue weighted by Gasteiger charge is 2.11. The van der Waals surface area contributed by atoms with E-state index in [9.17, 15) is 4.79 Å². The molecule has 0 spiro atoms. The van der Waals surface area contributed by atoms with Crippen LogP contribution in [0.1, 0.15) is 33.3 Å². The van der Waals surface area contributed by atoms with Gasteiger partial charge in [-0.15, -0.1) is 0 Å². The SMILES string of the molecule is CC(Oc1cccc(CNC(C)(C)C)c1)C(N)=O. The Hall–Kier alpha value is -1.55. The van der Waals surface area contributed by atoms with E-state index in [4.69, 9.17) is 10.5 Å². The van der Waals surface area contributed by atoms with Gasteiger partial charge in [0.15, 0.2) is 6.10 Å². The van der Waals surface area contributed by atoms with Gasteiger partial charge in [0.1, 0.15) is 5.75 Å². The Bertz CT molecular complexity index is 411. The number of primary amides is 1. The number of carbonyl (C=O) groups is 1. The first-order chi connectivity index (χ1) is 8.28. The van der Waals surface area contributed by atoms with E-state index < -0.39 is 12.0 Å². The van der Waals surface area contributed by atoms with E-state index in [2.05, 4.69) is 26.1 Å². The van der Waals surface area contributed by atoms with E-state index >= 15 is 0 Å². The molecule has 1 unspecified atom stereocenters. The summed E-state index contributed by atoms with van der Waals surface area (Å²) < 4.78 is 5.45. The fourth-order valence-corrected chi connectivity index (χ4v) is 1.36. The van der Waals surface area contributed by atoms with E-state index in [0.29, 0.717) is 5.75 Å². The number of benzene rings is 1. The average Bonchev–Trinajstić information content (AvgIpc) is 2.26. The van der Waals surface area contributed by atoms with E-state index in [1.54, 1.807) is 6.92 Å². The van der Waals surface area contributed by atoms with Crippen LogP contribution in [0.3, 0.4) is 0 Å². The van der Waals surface area contributed by atoms with Crippen molar-refractivity contribution in [3.05, 3.63) is 29.8 Å². The molecule has 0 aliphatic carbocycles. The van der Waals surface area contributed by atoms with Crippen LogP contribution in [0.15, 0.2) is 24.3 Å². The van der Waals surface area contributed by atoms with Gasteiger partial charge in [0, 0.05) is 12.1 Å². The summed E-state index contributed by atoms with van der Waals surface area (Å²) in [5.74, 6) is 0.197. The molecule has 1 atom stereocenters. The van der Waals surface area contributed by atoms with Crippen LogP contribution in [0.5, 0.6) is 5.75 Å². The lowest BCUT2D eigenvalue weighted by Crippen LogP contribution is -2.35. The van der Waals surface area contributed by atoms with Crippen molar-refractivity contribution in [2.75, 3.05) is 0 Å². The molecule has 1 aromatic rings. The van der Waals surface area contributed by atoms with Crippen LogP contribution in [0.2, 0.25) is 0 Å². The van der Waals surface area contributed by atoms with Crippen molar-refractivity contribution in [1.82, 2.24) is 5.32 Å². The van der Waals surface area contributed by atoms with Crippen molar-refractivity contribution in [3.63, 3.8) is 0 Å². The van der Waals surface area contributed by atoms with Gasteiger partial charge in [-0.3, -0.25) is 4.79 Å². The molecule has 1 aromatic carbocycles. The van der Waals surface area contributed by atoms with Crippen molar-refractivity contribution in [1.29, 1.82) is 0 Å². The minimum absolute atomic E-state index is 0.0668. The molecular weight excluding hydrogens is 228 g/mol. The van der Waals surface area contributed by atoms with Gasteiger partial charge in [-0.25, -0.2) is 0 Å². The van der Waals surface area contributed by atoms with Gasteiger partial charge >= 0.3 is 0 Å². The van der Waals surface area contributed by atoms with Crippen LogP contribution < -0.4 is 15.8 Å². The maximum absolute atomic E-state index is 10.9. The molecule has 0 aliphatic heterocycles. The molecule has 18 heavy (non-hydrogen) atoms. The quantitative estimate of drug-likeness (QED) is 0.838. The van der Waals surface area contributed by atoms with Crippen LogP contribution >= 0.6 is 0 Å². The third-order valence-corrected chi connectivity index (χ3v) is 2.43. The second-order valence-electron chi connectivity index (χ2n) is 5.41. The van der Waals surface area contributed by atoms with Gasteiger partial charge in [-0.2, -0.15) is 0 Å². The molecule has 100 valence electrons. The van der Waals surface area contributed by atoms with Crippen LogP contribution in [0.4, 0.5) is 0 Å². The fourth-order valence-electron chi connectivity index (χ4n) is 1.36. The Kier molecular flexibility index (Phi) is 4.73. The van der Waals surface area contributed by atoms with Gasteiger partial charge in [0.25, 0.3) is 5.91 Å². The highest BCUT2D eigenvalue weighted by atomic mass is 16.5. The Balaban J connectivity index is 2.65. The Morgan fingerprint density at radius 2 is 2.11 bits per heavy atom. The number of nitrogens with two attached hydrogens (primary N) is 1. The lowest BCUT2D eigenvalue weighted by Gasteiger charge is -2.21. The number of hydrogen-bond donors (Lipinski definition) is 2. The van der Waals surface area contributed by atoms with E-state index in [0.717, 1.165) is 12.1 Å². The average molecular weight is 250 g/mol. The predicted octanol–water partition coefficient (Wildman–Crippen LogP) is 1.83. The summed E-state index contributed by atoms with van der Waals surface area (Å²) in [5.41, 5.74) is 6.34. The Morgan fingerprint density at radius 3 is 2.67 bits per heavy atom. The van der Waals surface area contributed by atoms with Gasteiger partial charge < -0.3 is 15.8 Å². The lowest BCUT2D eigenvalue weighted by atomic mass is 10.1. The topological polar surface area (TPSA) is 64.3 Å². The number of carbonyl (C=O) groups excluding carboxylic acids is 1. The normalized spacial score (nSPS) is 13.1. The summed E-state index contributed by atoms with van der Waals surface area (Å²) in [5, 5.41) is 3.39. The zero-order chi connectivity index (χ0) is 13.8. The van der Waals surface area contributed by atoms with E-state index in [1.807, 2.05) is 24.3 Å². The lowest BCUT2D eigenvalue weighted by molar-refractivity contribution is -0.123. The van der Waals surface area contributed by atoms with Gasteiger partial charge in [0.05, 0.1) is 0 Å². The summed E-state index contributed by atoms with van der Waals surface area (Å²) >= 11 is 0. The summed E-state index contributed by atoms with van der Waals surface area (Å²) in [6.45, 7) is 8.74. The summed E-state index contributed by atoms with van der Waals surface area (Å²) in [6.07, 6.45) is -0.615. The zero-order valence-corrected chi connectivity index (χ0v) is 11.5. The maximum Gasteiger partial charge on any atom is 0.258 e. The molecule has 4 heteroatoms. The van der Waals surface area contributed by atoms with Crippen LogP contribution in [0, 0.1) is 0 Å². The molecule has 0 heterocycles. The molecule has 0 fully saturated rings. The number of rotatable bonds is 5. The maximum atomic E-state index is 10.9. The molecule has 0 bridgehead atoms. The Morgan fingerprint density at radius 1 is 1.44 bits per heavy atom. The molecule has 1 rings (SSSR count). The standard InChI is InChI=1S/C14H22N2O2/c1-10(13(15)17)18-12-7-5-6-11(8-12)9-16-14(2,3)4/h5-8,10,16H,9H2,1-4H3,(H2,15,17). The summed E-state index contributed by atoms with van der Waals surface area (Å²) in [6, 6.07) is 7.65. The van der Waals surface area contributed by atoms with Crippen molar-refractivity contribution < 1.29 is 9.53 Å². The highest BCUT2D eigenvalue weighted by molar-refractivity contribution is 5.78. The highest BCUT2D eigenvalue weighted by Crippen LogP contribution is 2.15. The summed E-state index contributed by atoms with van der Waals surface area (Å²) in [4.78, 5) is 10.9. The number of hydrogen-bond acceptors (Lipinski definition) is 3. The van der Waals surface area contributed by atoms with Crippen LogP contribution in [0.25, 0.3) is 0 Å². The molecule has 0 radical (unpaired) electrons. The number of ether oxygens (including phenoxy) is 1. The van der Waals surface area contributed by atoms with Crippen molar-refractivity contribution in [3.8, 4) is 5.75 Å². The first kappa shape index (κ1) is 14.5. The molecule has 0 aromatic heterocycles. The monoisotopic (exact) mass is 250 g/mol. The van der Waals surface area contributed by atoms with Gasteiger partial charge in [0.2, 0.25) is 0 Å². The molecule has 0 saturated carbocycles. The molecule has 3 N–H and O–H groups in total. The molecule has 4 nitrogen and oxygen atoms in total.